The number of hydrogen-bond acceptors (Lipinski definition) is 1. The van der Waals surface area contributed by atoms with Gasteiger partial charge in [0.1, 0.15) is 7.05 Å². The predicted octanol–water partition coefficient (Wildman–Crippen LogP) is 7.80. The molecule has 0 N–H and O–H groups in total. The largest absolute Gasteiger partial charge is 0.347 e. The molecule has 2 aliphatic rings. The number of rotatable bonds is 3. The smallest absolute Gasteiger partial charge is 0.209 e. The molecule has 2 aliphatic heterocycles. The molecule has 0 unspecified atom stereocenters. The van der Waals surface area contributed by atoms with Gasteiger partial charge in [0.25, 0.3) is 0 Å². The highest BCUT2D eigenvalue weighted by atomic mass is 79.9. The van der Waals surface area contributed by atoms with Crippen LogP contribution in [0.2, 0.25) is 5.02 Å². The van der Waals surface area contributed by atoms with Gasteiger partial charge in [-0.25, -0.2) is 0 Å². The van der Waals surface area contributed by atoms with Crippen LogP contribution in [-0.2, 0) is 10.8 Å². The van der Waals surface area contributed by atoms with Gasteiger partial charge in [-0.3, -0.25) is 0 Å². The summed E-state index contributed by atoms with van der Waals surface area (Å²) < 4.78 is 3.29. The average molecular weight is 511 g/mol. The lowest BCUT2D eigenvalue weighted by atomic mass is 9.81. The first-order chi connectivity index (χ1) is 14.9. The van der Waals surface area contributed by atoms with Crippen molar-refractivity contribution < 1.29 is 4.58 Å². The van der Waals surface area contributed by atoms with Crippen LogP contribution in [0.25, 0.3) is 0 Å². The molecule has 2 aromatic rings. The molecule has 2 nitrogen and oxygen atoms in total. The summed E-state index contributed by atoms with van der Waals surface area (Å²) in [6.45, 7) is 11.3. The molecule has 2 heterocycles. The van der Waals surface area contributed by atoms with E-state index in [0.717, 1.165) is 9.51 Å². The van der Waals surface area contributed by atoms with E-state index in [2.05, 4.69) is 129 Å². The molecule has 0 fully saturated rings. The Hall–Kier alpha value is -2.10. The zero-order chi connectivity index (χ0) is 23.4. The van der Waals surface area contributed by atoms with Crippen LogP contribution in [0.5, 0.6) is 0 Å². The fourth-order valence-electron chi connectivity index (χ4n) is 5.13. The van der Waals surface area contributed by atoms with E-state index in [4.69, 9.17) is 11.6 Å². The Morgan fingerprint density at radius 1 is 1.03 bits per heavy atom. The van der Waals surface area contributed by atoms with Gasteiger partial charge in [0, 0.05) is 51.1 Å². The second-order valence-corrected chi connectivity index (χ2v) is 11.2. The van der Waals surface area contributed by atoms with Crippen LogP contribution in [0.15, 0.2) is 70.9 Å². The monoisotopic (exact) mass is 509 g/mol. The number of nitrogens with zero attached hydrogens (tertiary/aromatic N) is 2. The molecule has 32 heavy (non-hydrogen) atoms. The van der Waals surface area contributed by atoms with Crippen molar-refractivity contribution >= 4 is 44.6 Å². The van der Waals surface area contributed by atoms with Crippen molar-refractivity contribution in [2.24, 2.45) is 0 Å². The highest BCUT2D eigenvalue weighted by Crippen LogP contribution is 2.47. The van der Waals surface area contributed by atoms with Crippen molar-refractivity contribution in [3.63, 3.8) is 0 Å². The van der Waals surface area contributed by atoms with Crippen LogP contribution < -0.4 is 4.90 Å². The molecule has 4 heteroatoms. The molecule has 0 saturated heterocycles. The summed E-state index contributed by atoms with van der Waals surface area (Å²) in [4.78, 5) is 2.30. The molecule has 166 valence electrons. The minimum absolute atomic E-state index is 0.0348. The molecule has 0 spiro atoms. The van der Waals surface area contributed by atoms with E-state index in [0.29, 0.717) is 0 Å². The molecule has 0 atom stereocenters. The summed E-state index contributed by atoms with van der Waals surface area (Å²) in [6.07, 6.45) is 8.72. The SMILES string of the molecule is Cc1ccc2c(c1)C(C)(C)\C(=C/C=C(Br)/C=C/C1=[N+](C)c3ccc(Cl)cc3C1(C)C)N2C. The zero-order valence-corrected chi connectivity index (χ0v) is 22.3. The van der Waals surface area contributed by atoms with E-state index in [9.17, 15) is 0 Å². The van der Waals surface area contributed by atoms with Gasteiger partial charge in [0.15, 0.2) is 5.71 Å². The van der Waals surface area contributed by atoms with Crippen LogP contribution in [0, 0.1) is 6.92 Å². The first-order valence-electron chi connectivity index (χ1n) is 11.0. The first kappa shape index (κ1) is 23.1. The Balaban J connectivity index is 1.63. The fourth-order valence-corrected chi connectivity index (χ4v) is 5.57. The highest BCUT2D eigenvalue weighted by Gasteiger charge is 2.43. The van der Waals surface area contributed by atoms with Crippen molar-refractivity contribution in [2.75, 3.05) is 19.0 Å². The van der Waals surface area contributed by atoms with Gasteiger partial charge in [-0.2, -0.15) is 4.58 Å². The Morgan fingerprint density at radius 3 is 2.47 bits per heavy atom. The number of allylic oxidation sites excluding steroid dienone is 6. The lowest BCUT2D eigenvalue weighted by Crippen LogP contribution is -2.26. The van der Waals surface area contributed by atoms with Gasteiger partial charge in [-0.05, 0) is 62.8 Å². The quantitative estimate of drug-likeness (QED) is 0.301. The van der Waals surface area contributed by atoms with E-state index < -0.39 is 0 Å². The van der Waals surface area contributed by atoms with E-state index in [1.807, 2.05) is 6.07 Å². The minimum atomic E-state index is -0.107. The second-order valence-electron chi connectivity index (χ2n) is 9.87. The van der Waals surface area contributed by atoms with E-state index in [-0.39, 0.29) is 10.8 Å². The molecule has 0 aliphatic carbocycles. The van der Waals surface area contributed by atoms with Gasteiger partial charge in [0.05, 0.1) is 5.41 Å². The summed E-state index contributed by atoms with van der Waals surface area (Å²) in [5.74, 6) is 0. The van der Waals surface area contributed by atoms with Crippen molar-refractivity contribution in [3.8, 4) is 0 Å². The maximum absolute atomic E-state index is 6.28. The van der Waals surface area contributed by atoms with Crippen LogP contribution in [0.1, 0.15) is 44.4 Å². The number of benzene rings is 2. The van der Waals surface area contributed by atoms with E-state index >= 15 is 0 Å². The van der Waals surface area contributed by atoms with Crippen molar-refractivity contribution in [3.05, 3.63) is 92.6 Å². The van der Waals surface area contributed by atoms with Gasteiger partial charge >= 0.3 is 0 Å². The molecule has 0 amide bonds. The Morgan fingerprint density at radius 2 is 1.75 bits per heavy atom. The summed E-state index contributed by atoms with van der Waals surface area (Å²) in [5, 5.41) is 0.780. The molecule has 0 bridgehead atoms. The van der Waals surface area contributed by atoms with Crippen LogP contribution in [0.3, 0.4) is 0 Å². The van der Waals surface area contributed by atoms with Gasteiger partial charge in [-0.1, -0.05) is 59.1 Å². The van der Waals surface area contributed by atoms with E-state index in [1.165, 1.54) is 39.5 Å². The maximum atomic E-state index is 6.28. The number of halogens is 2. The highest BCUT2D eigenvalue weighted by molar-refractivity contribution is 9.11. The third-order valence-corrected chi connectivity index (χ3v) is 7.75. The molecular weight excluding hydrogens is 480 g/mol. The summed E-state index contributed by atoms with van der Waals surface area (Å²) in [7, 11) is 4.27. The molecular formula is C28H31BrClN2+. The Kier molecular flexibility index (Phi) is 5.80. The van der Waals surface area contributed by atoms with Crippen LogP contribution >= 0.6 is 27.5 Å². The summed E-state index contributed by atoms with van der Waals surface area (Å²) in [6, 6.07) is 12.9. The first-order valence-corrected chi connectivity index (χ1v) is 12.1. The number of aryl methyl sites for hydroxylation is 1. The van der Waals surface area contributed by atoms with Crippen LogP contribution in [-0.4, -0.2) is 24.4 Å². The van der Waals surface area contributed by atoms with Crippen molar-refractivity contribution in [1.29, 1.82) is 0 Å². The van der Waals surface area contributed by atoms with Crippen molar-refractivity contribution in [2.45, 2.75) is 45.4 Å². The molecule has 2 aromatic carbocycles. The number of hydrogen-bond donors (Lipinski definition) is 0. The number of fused-ring (bicyclic) bond motifs is 2. The standard InChI is InChI=1S/C28H31BrClN2/c1-18-8-12-23-21(16-18)27(2,3)25(31(23)6)14-9-19(29)10-15-26-28(4,5)22-17-20(30)11-13-24(22)32(26)7/h8-17H,1-7H3/q+1. The Bertz CT molecular complexity index is 1230. The number of likely N-dealkylation sites (N-methyl/N-ethyl adjacent to an activating group) is 1. The summed E-state index contributed by atoms with van der Waals surface area (Å²) in [5.41, 5.74) is 8.83. The Labute approximate surface area is 205 Å². The molecule has 0 aromatic heterocycles. The van der Waals surface area contributed by atoms with Crippen LogP contribution in [0.4, 0.5) is 11.4 Å². The molecule has 0 radical (unpaired) electrons. The fraction of sp³-hybridized carbons (Fsp3) is 0.321. The van der Waals surface area contributed by atoms with Gasteiger partial charge in [0.2, 0.25) is 5.69 Å². The second kappa shape index (κ2) is 8.04. The van der Waals surface area contributed by atoms with Gasteiger partial charge < -0.3 is 4.90 Å². The van der Waals surface area contributed by atoms with Gasteiger partial charge in [-0.15, -0.1) is 0 Å². The maximum Gasteiger partial charge on any atom is 0.209 e. The zero-order valence-electron chi connectivity index (χ0n) is 19.9. The lowest BCUT2D eigenvalue weighted by Gasteiger charge is -2.23. The van der Waals surface area contributed by atoms with Crippen molar-refractivity contribution in [1.82, 2.24) is 0 Å². The third-order valence-electron chi connectivity index (χ3n) is 6.98. The number of anilines is 1. The topological polar surface area (TPSA) is 6.25 Å². The predicted molar refractivity (Wildman–Crippen MR) is 142 cm³/mol. The third kappa shape index (κ3) is 3.70. The normalized spacial score (nSPS) is 20.5. The lowest BCUT2D eigenvalue weighted by molar-refractivity contribution is -0.401. The summed E-state index contributed by atoms with van der Waals surface area (Å²) >= 11 is 10.0. The average Bonchev–Trinajstić information content (AvgIpc) is 3.02. The molecule has 0 saturated carbocycles. The minimum Gasteiger partial charge on any atom is -0.347 e. The molecule has 4 rings (SSSR count). The van der Waals surface area contributed by atoms with E-state index in [1.54, 1.807) is 0 Å².